The molecule has 1 saturated heterocycles. The van der Waals surface area contributed by atoms with Crippen molar-refractivity contribution in [1.29, 1.82) is 0 Å². The molecule has 2 heterocycles. The molecule has 1 unspecified atom stereocenters. The molecule has 0 aliphatic carbocycles. The van der Waals surface area contributed by atoms with Crippen LogP contribution in [0.5, 0.6) is 0 Å². The van der Waals surface area contributed by atoms with Crippen molar-refractivity contribution in [2.75, 3.05) is 20.1 Å². The van der Waals surface area contributed by atoms with Gasteiger partial charge < -0.3 is 9.47 Å². The van der Waals surface area contributed by atoms with E-state index in [1.807, 2.05) is 30.7 Å². The lowest BCUT2D eigenvalue weighted by atomic mass is 10.1. The Labute approximate surface area is 97.7 Å². The SMILES string of the molecule is CC.CN1CCCC(n2ccccc2=O)C1. The highest BCUT2D eigenvalue weighted by Crippen LogP contribution is 2.18. The quantitative estimate of drug-likeness (QED) is 0.727. The molecular formula is C13H22N2O. The van der Waals surface area contributed by atoms with Crippen molar-refractivity contribution in [3.8, 4) is 0 Å². The van der Waals surface area contributed by atoms with E-state index in [4.69, 9.17) is 0 Å². The lowest BCUT2D eigenvalue weighted by Gasteiger charge is -2.30. The Bertz CT molecular complexity index is 359. The summed E-state index contributed by atoms with van der Waals surface area (Å²) in [5, 5.41) is 0. The molecule has 1 aliphatic heterocycles. The van der Waals surface area contributed by atoms with Crippen LogP contribution in [0.15, 0.2) is 29.2 Å². The number of hydrogen-bond donors (Lipinski definition) is 0. The highest BCUT2D eigenvalue weighted by molar-refractivity contribution is 4.96. The number of rotatable bonds is 1. The normalized spacial score (nSPS) is 21.1. The van der Waals surface area contributed by atoms with Crippen LogP contribution in [0.3, 0.4) is 0 Å². The summed E-state index contributed by atoms with van der Waals surface area (Å²) in [7, 11) is 2.11. The molecule has 1 fully saturated rings. The monoisotopic (exact) mass is 222 g/mol. The highest BCUT2D eigenvalue weighted by atomic mass is 16.1. The fraction of sp³-hybridized carbons (Fsp3) is 0.615. The lowest BCUT2D eigenvalue weighted by Crippen LogP contribution is -2.37. The zero-order chi connectivity index (χ0) is 12.0. The van der Waals surface area contributed by atoms with Crippen molar-refractivity contribution >= 4 is 0 Å². The van der Waals surface area contributed by atoms with Crippen molar-refractivity contribution in [3.63, 3.8) is 0 Å². The van der Waals surface area contributed by atoms with Crippen LogP contribution in [0.2, 0.25) is 0 Å². The number of likely N-dealkylation sites (N-methyl/N-ethyl adjacent to an activating group) is 1. The van der Waals surface area contributed by atoms with Gasteiger partial charge in [-0.05, 0) is 32.5 Å². The van der Waals surface area contributed by atoms with Gasteiger partial charge in [-0.2, -0.15) is 0 Å². The summed E-state index contributed by atoms with van der Waals surface area (Å²) in [6.07, 6.45) is 4.20. The summed E-state index contributed by atoms with van der Waals surface area (Å²) >= 11 is 0. The van der Waals surface area contributed by atoms with E-state index in [-0.39, 0.29) is 5.56 Å². The number of pyridine rings is 1. The molecule has 1 aromatic heterocycles. The largest absolute Gasteiger partial charge is 0.311 e. The standard InChI is InChI=1S/C11H16N2O.C2H6/c1-12-7-4-5-10(9-12)13-8-3-2-6-11(13)14;1-2/h2-3,6,8,10H,4-5,7,9H2,1H3;1-2H3. The first-order valence-corrected chi connectivity index (χ1v) is 6.13. The second kappa shape index (κ2) is 6.48. The van der Waals surface area contributed by atoms with E-state index < -0.39 is 0 Å². The Kier molecular flexibility index (Phi) is 5.26. The topological polar surface area (TPSA) is 25.2 Å². The van der Waals surface area contributed by atoms with Gasteiger partial charge in [-0.1, -0.05) is 19.9 Å². The van der Waals surface area contributed by atoms with E-state index in [0.717, 1.165) is 19.5 Å². The average Bonchev–Trinajstić information content (AvgIpc) is 2.32. The zero-order valence-corrected chi connectivity index (χ0v) is 10.5. The van der Waals surface area contributed by atoms with E-state index in [0.29, 0.717) is 6.04 Å². The molecule has 1 atom stereocenters. The maximum atomic E-state index is 11.6. The predicted octanol–water partition coefficient (Wildman–Crippen LogP) is 2.14. The van der Waals surface area contributed by atoms with Crippen LogP contribution in [0.4, 0.5) is 0 Å². The van der Waals surface area contributed by atoms with Gasteiger partial charge in [0, 0.05) is 24.8 Å². The van der Waals surface area contributed by atoms with Crippen LogP contribution in [0.25, 0.3) is 0 Å². The summed E-state index contributed by atoms with van der Waals surface area (Å²) in [6, 6.07) is 5.72. The van der Waals surface area contributed by atoms with Gasteiger partial charge in [0.05, 0.1) is 0 Å². The first kappa shape index (κ1) is 13.0. The predicted molar refractivity (Wildman–Crippen MR) is 67.8 cm³/mol. The van der Waals surface area contributed by atoms with Crippen LogP contribution in [-0.2, 0) is 0 Å². The molecule has 0 amide bonds. The molecule has 16 heavy (non-hydrogen) atoms. The van der Waals surface area contributed by atoms with Crippen LogP contribution in [-0.4, -0.2) is 29.6 Å². The van der Waals surface area contributed by atoms with Gasteiger partial charge in [0.15, 0.2) is 0 Å². The maximum absolute atomic E-state index is 11.6. The molecule has 3 nitrogen and oxygen atoms in total. The van der Waals surface area contributed by atoms with Gasteiger partial charge in [0.1, 0.15) is 0 Å². The van der Waals surface area contributed by atoms with Gasteiger partial charge in [0.25, 0.3) is 5.56 Å². The summed E-state index contributed by atoms with van der Waals surface area (Å²) in [4.78, 5) is 13.9. The second-order valence-electron chi connectivity index (χ2n) is 4.00. The minimum atomic E-state index is 0.118. The third-order valence-corrected chi connectivity index (χ3v) is 2.84. The smallest absolute Gasteiger partial charge is 0.250 e. The minimum Gasteiger partial charge on any atom is -0.311 e. The highest BCUT2D eigenvalue weighted by Gasteiger charge is 2.18. The van der Waals surface area contributed by atoms with Crippen LogP contribution in [0.1, 0.15) is 32.7 Å². The van der Waals surface area contributed by atoms with E-state index in [2.05, 4.69) is 11.9 Å². The molecule has 0 radical (unpaired) electrons. The van der Waals surface area contributed by atoms with Gasteiger partial charge in [-0.3, -0.25) is 4.79 Å². The molecule has 2 rings (SSSR count). The van der Waals surface area contributed by atoms with Crippen molar-refractivity contribution in [2.45, 2.75) is 32.7 Å². The molecule has 90 valence electrons. The third-order valence-electron chi connectivity index (χ3n) is 2.84. The average molecular weight is 222 g/mol. The minimum absolute atomic E-state index is 0.118. The number of likely N-dealkylation sites (tertiary alicyclic amines) is 1. The number of aromatic nitrogens is 1. The molecule has 0 spiro atoms. The van der Waals surface area contributed by atoms with E-state index in [1.165, 1.54) is 6.42 Å². The lowest BCUT2D eigenvalue weighted by molar-refractivity contribution is 0.209. The molecule has 1 aromatic rings. The first-order valence-electron chi connectivity index (χ1n) is 6.13. The Balaban J connectivity index is 0.000000606. The van der Waals surface area contributed by atoms with Crippen LogP contribution < -0.4 is 5.56 Å². The molecule has 0 N–H and O–H groups in total. The Morgan fingerprint density at radius 3 is 2.69 bits per heavy atom. The molecule has 0 saturated carbocycles. The molecule has 1 aliphatic rings. The van der Waals surface area contributed by atoms with Crippen molar-refractivity contribution < 1.29 is 0 Å². The summed E-state index contributed by atoms with van der Waals surface area (Å²) in [6.45, 7) is 6.14. The number of hydrogen-bond acceptors (Lipinski definition) is 2. The Morgan fingerprint density at radius 2 is 2.06 bits per heavy atom. The van der Waals surface area contributed by atoms with Gasteiger partial charge in [-0.15, -0.1) is 0 Å². The van der Waals surface area contributed by atoms with Gasteiger partial charge in [0.2, 0.25) is 0 Å². The Morgan fingerprint density at radius 1 is 1.31 bits per heavy atom. The van der Waals surface area contributed by atoms with E-state index in [9.17, 15) is 4.79 Å². The van der Waals surface area contributed by atoms with Crippen molar-refractivity contribution in [3.05, 3.63) is 34.7 Å². The fourth-order valence-corrected chi connectivity index (χ4v) is 2.11. The second-order valence-corrected chi connectivity index (χ2v) is 4.00. The first-order chi connectivity index (χ1) is 7.77. The van der Waals surface area contributed by atoms with E-state index >= 15 is 0 Å². The zero-order valence-electron chi connectivity index (χ0n) is 10.5. The van der Waals surface area contributed by atoms with Crippen molar-refractivity contribution in [2.24, 2.45) is 0 Å². The molecular weight excluding hydrogens is 200 g/mol. The van der Waals surface area contributed by atoms with Crippen molar-refractivity contribution in [1.82, 2.24) is 9.47 Å². The maximum Gasteiger partial charge on any atom is 0.250 e. The number of piperidine rings is 1. The Hall–Kier alpha value is -1.09. The molecule has 0 bridgehead atoms. The molecule has 0 aromatic carbocycles. The molecule has 3 heteroatoms. The van der Waals surface area contributed by atoms with Gasteiger partial charge in [-0.25, -0.2) is 0 Å². The number of nitrogens with zero attached hydrogens (tertiary/aromatic N) is 2. The van der Waals surface area contributed by atoms with Gasteiger partial charge >= 0.3 is 0 Å². The van der Waals surface area contributed by atoms with Crippen LogP contribution >= 0.6 is 0 Å². The van der Waals surface area contributed by atoms with Crippen LogP contribution in [0, 0.1) is 0 Å². The summed E-state index contributed by atoms with van der Waals surface area (Å²) in [5.74, 6) is 0. The fourth-order valence-electron chi connectivity index (χ4n) is 2.11. The van der Waals surface area contributed by atoms with E-state index in [1.54, 1.807) is 12.1 Å². The third kappa shape index (κ3) is 3.20. The summed E-state index contributed by atoms with van der Waals surface area (Å²) in [5.41, 5.74) is 0.118. The summed E-state index contributed by atoms with van der Waals surface area (Å²) < 4.78 is 1.86.